The number of aryl methyl sites for hydroxylation is 1. The summed E-state index contributed by atoms with van der Waals surface area (Å²) in [6, 6.07) is 0. The lowest BCUT2D eigenvalue weighted by atomic mass is 9.80. The first-order valence-electron chi connectivity index (χ1n) is 8.16. The van der Waals surface area contributed by atoms with Gasteiger partial charge in [-0.2, -0.15) is 0 Å². The van der Waals surface area contributed by atoms with Crippen molar-refractivity contribution < 1.29 is 23.1 Å². The molecular formula is C17H18ClF2N3O3. The molecule has 1 aliphatic rings. The first-order valence-corrected chi connectivity index (χ1v) is 8.54. The quantitative estimate of drug-likeness (QED) is 0.750. The number of hydrogen-bond donors (Lipinski definition) is 3. The summed E-state index contributed by atoms with van der Waals surface area (Å²) in [4.78, 5) is 25.5. The predicted octanol–water partition coefficient (Wildman–Crippen LogP) is 3.63. The Kier molecular flexibility index (Phi) is 4.79. The van der Waals surface area contributed by atoms with E-state index < -0.39 is 41.2 Å². The summed E-state index contributed by atoms with van der Waals surface area (Å²) in [7, 11) is 0. The summed E-state index contributed by atoms with van der Waals surface area (Å²) in [5, 5.41) is 0.441. The molecule has 0 bridgehead atoms. The van der Waals surface area contributed by atoms with Crippen LogP contribution in [0.4, 0.5) is 13.6 Å². The first-order chi connectivity index (χ1) is 12.2. The van der Waals surface area contributed by atoms with Gasteiger partial charge in [0.05, 0.1) is 10.5 Å². The molecule has 2 atom stereocenters. The van der Waals surface area contributed by atoms with Gasteiger partial charge < -0.3 is 21.2 Å². The largest absolute Gasteiger partial charge is 0.446 e. The second-order valence-electron chi connectivity index (χ2n) is 6.52. The van der Waals surface area contributed by atoms with Gasteiger partial charge in [0.1, 0.15) is 11.7 Å². The summed E-state index contributed by atoms with van der Waals surface area (Å²) in [6.07, 6.45) is 0.673. The van der Waals surface area contributed by atoms with Crippen molar-refractivity contribution >= 4 is 34.5 Å². The zero-order chi connectivity index (χ0) is 19.2. The van der Waals surface area contributed by atoms with Crippen molar-refractivity contribution in [3.8, 4) is 0 Å². The Balaban J connectivity index is 2.20. The van der Waals surface area contributed by atoms with Crippen LogP contribution in [-0.4, -0.2) is 23.1 Å². The summed E-state index contributed by atoms with van der Waals surface area (Å²) < 4.78 is 34.6. The van der Waals surface area contributed by atoms with E-state index in [4.69, 9.17) is 27.8 Å². The van der Waals surface area contributed by atoms with Crippen molar-refractivity contribution in [1.82, 2.24) is 4.98 Å². The van der Waals surface area contributed by atoms with E-state index in [-0.39, 0.29) is 27.9 Å². The molecule has 1 aliphatic carbocycles. The molecule has 1 fully saturated rings. The van der Waals surface area contributed by atoms with Crippen LogP contribution in [-0.2, 0) is 4.74 Å². The molecule has 2 aromatic rings. The Hall–Kier alpha value is -2.35. The van der Waals surface area contributed by atoms with Crippen LogP contribution in [0.1, 0.15) is 53.2 Å². The van der Waals surface area contributed by atoms with Gasteiger partial charge in [-0.1, -0.05) is 11.6 Å². The van der Waals surface area contributed by atoms with Gasteiger partial charge in [-0.15, -0.1) is 0 Å². The third kappa shape index (κ3) is 2.98. The van der Waals surface area contributed by atoms with Crippen LogP contribution >= 0.6 is 11.6 Å². The van der Waals surface area contributed by atoms with E-state index in [1.165, 1.54) is 0 Å². The molecule has 3 rings (SSSR count). The number of nitrogens with one attached hydrogen (secondary N) is 1. The van der Waals surface area contributed by atoms with Crippen LogP contribution < -0.4 is 11.5 Å². The number of halogens is 3. The Morgan fingerprint density at radius 1 is 1.23 bits per heavy atom. The zero-order valence-corrected chi connectivity index (χ0v) is 14.8. The number of primary amides is 2. The average Bonchev–Trinajstić information content (AvgIpc) is 2.83. The minimum absolute atomic E-state index is 0.0645. The van der Waals surface area contributed by atoms with E-state index in [9.17, 15) is 18.4 Å². The van der Waals surface area contributed by atoms with E-state index in [1.54, 1.807) is 6.92 Å². The fourth-order valence-corrected chi connectivity index (χ4v) is 4.03. The molecule has 1 heterocycles. The van der Waals surface area contributed by atoms with Crippen molar-refractivity contribution in [3.05, 3.63) is 33.5 Å². The van der Waals surface area contributed by atoms with Crippen LogP contribution in [0.25, 0.3) is 10.9 Å². The van der Waals surface area contributed by atoms with E-state index in [0.29, 0.717) is 25.0 Å². The number of carbonyl (C=O) groups is 2. The number of aromatic nitrogens is 1. The fraction of sp³-hybridized carbons (Fsp3) is 0.412. The number of ether oxygens (including phenoxy) is 1. The molecule has 0 radical (unpaired) electrons. The second kappa shape index (κ2) is 6.75. The van der Waals surface area contributed by atoms with Gasteiger partial charge in [0, 0.05) is 16.6 Å². The molecule has 9 heteroatoms. The maximum atomic E-state index is 14.9. The van der Waals surface area contributed by atoms with E-state index in [2.05, 4.69) is 4.98 Å². The average molecular weight is 386 g/mol. The molecule has 2 unspecified atom stereocenters. The van der Waals surface area contributed by atoms with Crippen molar-refractivity contribution in [2.75, 3.05) is 0 Å². The minimum Gasteiger partial charge on any atom is -0.446 e. The highest BCUT2D eigenvalue weighted by Gasteiger charge is 2.34. The summed E-state index contributed by atoms with van der Waals surface area (Å²) in [5.74, 6) is -4.00. The molecule has 140 valence electrons. The summed E-state index contributed by atoms with van der Waals surface area (Å²) in [6.45, 7) is 1.63. The van der Waals surface area contributed by atoms with Gasteiger partial charge in [-0.05, 0) is 38.5 Å². The molecule has 0 saturated heterocycles. The molecule has 26 heavy (non-hydrogen) atoms. The van der Waals surface area contributed by atoms with Crippen molar-refractivity contribution in [2.45, 2.75) is 44.6 Å². The van der Waals surface area contributed by atoms with Crippen LogP contribution in [0.3, 0.4) is 0 Å². The highest BCUT2D eigenvalue weighted by atomic mass is 35.5. The van der Waals surface area contributed by atoms with Gasteiger partial charge in [0.2, 0.25) is 0 Å². The molecule has 2 amide bonds. The third-order valence-electron chi connectivity index (χ3n) is 4.84. The minimum atomic E-state index is -1.31. The smallest absolute Gasteiger partial charge is 0.404 e. The Bertz CT molecular complexity index is 913. The molecule has 5 N–H and O–H groups in total. The van der Waals surface area contributed by atoms with Crippen LogP contribution in [0.15, 0.2) is 0 Å². The summed E-state index contributed by atoms with van der Waals surface area (Å²) in [5.41, 5.74) is 10.3. The first kappa shape index (κ1) is 18.4. The number of benzene rings is 1. The number of H-pyrrole nitrogens is 1. The lowest BCUT2D eigenvalue weighted by molar-refractivity contribution is 0.0765. The SMILES string of the molecule is Cc1[nH]c2c(C(N)=O)c(F)c(F)c(C3CCCC(OC(N)=O)C3)c2c1Cl. The van der Waals surface area contributed by atoms with Crippen molar-refractivity contribution in [3.63, 3.8) is 0 Å². The Labute approximate surface area is 152 Å². The predicted molar refractivity (Wildman–Crippen MR) is 92.1 cm³/mol. The Morgan fingerprint density at radius 3 is 2.54 bits per heavy atom. The lowest BCUT2D eigenvalue weighted by Crippen LogP contribution is -2.28. The standard InChI is InChI=1S/C17H18ClF2N3O3/c1-6-12(18)10-9(7-3-2-4-8(5-7)26-17(22)25)13(19)14(20)11(16(21)24)15(10)23-6/h7-8,23H,2-5H2,1H3,(H2,21,24)(H2,22,25). The van der Waals surface area contributed by atoms with Gasteiger partial charge in [-0.3, -0.25) is 4.79 Å². The zero-order valence-electron chi connectivity index (χ0n) is 14.0. The van der Waals surface area contributed by atoms with Gasteiger partial charge >= 0.3 is 6.09 Å². The topological polar surface area (TPSA) is 111 Å². The lowest BCUT2D eigenvalue weighted by Gasteiger charge is -2.29. The molecule has 1 aromatic carbocycles. The number of nitrogens with two attached hydrogens (primary N) is 2. The normalized spacial score (nSPS) is 20.3. The monoisotopic (exact) mass is 385 g/mol. The summed E-state index contributed by atoms with van der Waals surface area (Å²) >= 11 is 6.31. The van der Waals surface area contributed by atoms with Crippen LogP contribution in [0.5, 0.6) is 0 Å². The molecule has 1 aromatic heterocycles. The van der Waals surface area contributed by atoms with E-state index >= 15 is 0 Å². The van der Waals surface area contributed by atoms with Crippen molar-refractivity contribution in [2.24, 2.45) is 11.5 Å². The molecular weight excluding hydrogens is 368 g/mol. The maximum absolute atomic E-state index is 14.9. The molecule has 1 saturated carbocycles. The van der Waals surface area contributed by atoms with Crippen LogP contribution in [0.2, 0.25) is 5.02 Å². The van der Waals surface area contributed by atoms with Gasteiger partial charge in [0.15, 0.2) is 11.6 Å². The van der Waals surface area contributed by atoms with E-state index in [1.807, 2.05) is 0 Å². The Morgan fingerprint density at radius 2 is 1.92 bits per heavy atom. The molecule has 6 nitrogen and oxygen atoms in total. The van der Waals surface area contributed by atoms with Gasteiger partial charge in [-0.25, -0.2) is 13.6 Å². The van der Waals surface area contributed by atoms with Gasteiger partial charge in [0.25, 0.3) is 5.91 Å². The highest BCUT2D eigenvalue weighted by molar-refractivity contribution is 6.37. The van der Waals surface area contributed by atoms with Crippen molar-refractivity contribution in [1.29, 1.82) is 0 Å². The molecule has 0 aliphatic heterocycles. The second-order valence-corrected chi connectivity index (χ2v) is 6.90. The highest BCUT2D eigenvalue weighted by Crippen LogP contribution is 2.44. The number of rotatable bonds is 3. The third-order valence-corrected chi connectivity index (χ3v) is 5.32. The number of hydrogen-bond acceptors (Lipinski definition) is 3. The van der Waals surface area contributed by atoms with E-state index in [0.717, 1.165) is 0 Å². The van der Waals surface area contributed by atoms with Crippen LogP contribution in [0, 0.1) is 18.6 Å². The maximum Gasteiger partial charge on any atom is 0.404 e. The number of carbonyl (C=O) groups excluding carboxylic acids is 2. The molecule has 0 spiro atoms. The fourth-order valence-electron chi connectivity index (χ4n) is 3.78. The number of fused-ring (bicyclic) bond motifs is 1. The number of aromatic amines is 1. The number of amides is 2.